The van der Waals surface area contributed by atoms with Crippen LogP contribution in [0.25, 0.3) is 11.3 Å². The summed E-state index contributed by atoms with van der Waals surface area (Å²) in [5, 5.41) is 5.85. The summed E-state index contributed by atoms with van der Waals surface area (Å²) in [6.45, 7) is 0. The third-order valence-electron chi connectivity index (χ3n) is 6.21. The number of halogens is 12. The van der Waals surface area contributed by atoms with E-state index in [1.807, 2.05) is 0 Å². The maximum atomic E-state index is 15.3. The van der Waals surface area contributed by atoms with Gasteiger partial charge >= 0.3 is 24.2 Å². The molecule has 1 aromatic carbocycles. The van der Waals surface area contributed by atoms with E-state index in [4.69, 9.17) is 27.7 Å². The van der Waals surface area contributed by atoms with Crippen LogP contribution in [0.15, 0.2) is 52.6 Å². The van der Waals surface area contributed by atoms with Gasteiger partial charge in [0.05, 0.1) is 22.2 Å². The Hall–Kier alpha value is -2.74. The van der Waals surface area contributed by atoms with E-state index in [-0.39, 0.29) is 40.4 Å². The van der Waals surface area contributed by atoms with Crippen LogP contribution in [-0.4, -0.2) is 46.2 Å². The first-order valence-electron chi connectivity index (χ1n) is 10.9. The molecule has 2 unspecified atom stereocenters. The fraction of sp³-hybridized carbons (Fsp3) is 0.391. The zero-order chi connectivity index (χ0) is 29.2. The second kappa shape index (κ2) is 9.43. The van der Waals surface area contributed by atoms with Crippen molar-refractivity contribution in [2.75, 3.05) is 0 Å². The molecular formula is C23H14Cl2F10N2O2. The van der Waals surface area contributed by atoms with Gasteiger partial charge in [-0.2, -0.15) is 39.5 Å². The molecule has 1 fully saturated rings. The summed E-state index contributed by atoms with van der Waals surface area (Å²) in [5.74, 6) is -4.25. The number of allylic oxidation sites excluding steroid dienone is 4. The van der Waals surface area contributed by atoms with Crippen LogP contribution in [-0.2, 0) is 0 Å². The van der Waals surface area contributed by atoms with E-state index in [1.54, 1.807) is 0 Å². The first-order chi connectivity index (χ1) is 17.8. The average molecular weight is 611 g/mol. The Kier molecular flexibility index (Phi) is 7.07. The molecule has 2 aliphatic carbocycles. The molecule has 2 atom stereocenters. The van der Waals surface area contributed by atoms with E-state index < -0.39 is 57.9 Å². The third-order valence-corrected chi connectivity index (χ3v) is 7.15. The van der Waals surface area contributed by atoms with Gasteiger partial charge in [-0.25, -0.2) is 4.39 Å². The summed E-state index contributed by atoms with van der Waals surface area (Å²) < 4.78 is 144. The smallest absolute Gasteiger partial charge is 0.356 e. The highest BCUT2D eigenvalue weighted by molar-refractivity contribution is 6.34. The van der Waals surface area contributed by atoms with Crippen LogP contribution in [0.4, 0.5) is 43.9 Å². The first kappa shape index (κ1) is 29.2. The number of aromatic nitrogens is 1. The van der Waals surface area contributed by atoms with Crippen LogP contribution in [0.2, 0.25) is 5.02 Å². The van der Waals surface area contributed by atoms with Crippen molar-refractivity contribution >= 4 is 29.1 Å². The Bertz CT molecular complexity index is 1330. The molecule has 1 heterocycles. The molecule has 4 rings (SSSR count). The number of amides is 1. The highest BCUT2D eigenvalue weighted by Gasteiger charge is 2.83. The fourth-order valence-electron chi connectivity index (χ4n) is 4.16. The Morgan fingerprint density at radius 3 is 2.15 bits per heavy atom. The topological polar surface area (TPSA) is 55.1 Å². The molecule has 1 aromatic heterocycles. The Labute approximate surface area is 222 Å². The van der Waals surface area contributed by atoms with Crippen LogP contribution in [0.3, 0.4) is 0 Å². The lowest BCUT2D eigenvalue weighted by Crippen LogP contribution is -2.67. The highest BCUT2D eigenvalue weighted by Crippen LogP contribution is 2.63. The second-order valence-electron chi connectivity index (χ2n) is 8.89. The number of carbonyl (C=O) groups excluding carboxylic acids is 1. The van der Waals surface area contributed by atoms with Crippen molar-refractivity contribution in [2.24, 2.45) is 0 Å². The molecule has 2 aliphatic rings. The Morgan fingerprint density at radius 1 is 1.00 bits per heavy atom. The van der Waals surface area contributed by atoms with Crippen molar-refractivity contribution in [2.45, 2.75) is 53.9 Å². The molecule has 0 saturated heterocycles. The van der Waals surface area contributed by atoms with Crippen LogP contribution in [0.1, 0.15) is 34.8 Å². The minimum atomic E-state index is -6.80. The summed E-state index contributed by atoms with van der Waals surface area (Å²) >= 11 is 11.7. The summed E-state index contributed by atoms with van der Waals surface area (Å²) in [4.78, 5) is 8.01. The van der Waals surface area contributed by atoms with Gasteiger partial charge in [-0.05, 0) is 31.0 Å². The lowest BCUT2D eigenvalue weighted by atomic mass is 9.70. The van der Waals surface area contributed by atoms with Crippen LogP contribution in [0.5, 0.6) is 0 Å². The van der Waals surface area contributed by atoms with Gasteiger partial charge in [0.2, 0.25) is 0 Å². The van der Waals surface area contributed by atoms with Gasteiger partial charge < -0.3 is 9.84 Å². The lowest BCUT2D eigenvalue weighted by Gasteiger charge is -2.46. The normalized spacial score (nSPS) is 22.6. The van der Waals surface area contributed by atoms with Crippen molar-refractivity contribution in [3.05, 3.63) is 64.3 Å². The second-order valence-corrected chi connectivity index (χ2v) is 9.92. The molecular weight excluding hydrogens is 597 g/mol. The predicted molar refractivity (Wildman–Crippen MR) is 118 cm³/mol. The molecule has 2 aromatic rings. The van der Waals surface area contributed by atoms with Crippen LogP contribution in [0, 0.1) is 0 Å². The van der Waals surface area contributed by atoms with Gasteiger partial charge in [-0.15, -0.1) is 11.6 Å². The number of nitrogens with zero attached hydrogens (tertiary/aromatic N) is 1. The summed E-state index contributed by atoms with van der Waals surface area (Å²) in [6, 6.07) is 4.04. The monoisotopic (exact) mass is 610 g/mol. The fourth-order valence-corrected chi connectivity index (χ4v) is 4.88. The summed E-state index contributed by atoms with van der Waals surface area (Å²) in [6.07, 6.45) is -17.5. The number of hydrogen-bond acceptors (Lipinski definition) is 3. The zero-order valence-electron chi connectivity index (χ0n) is 18.9. The Balaban J connectivity index is 1.85. The van der Waals surface area contributed by atoms with E-state index in [1.165, 1.54) is 12.1 Å². The van der Waals surface area contributed by atoms with Gasteiger partial charge in [0.15, 0.2) is 5.76 Å². The quantitative estimate of drug-likeness (QED) is 0.277. The van der Waals surface area contributed by atoms with E-state index in [2.05, 4.69) is 10.5 Å². The van der Waals surface area contributed by atoms with E-state index in [0.29, 0.717) is 6.07 Å². The zero-order valence-corrected chi connectivity index (χ0v) is 20.4. The maximum absolute atomic E-state index is 15.3. The molecule has 0 spiro atoms. The number of alkyl halides is 11. The van der Waals surface area contributed by atoms with Crippen molar-refractivity contribution in [3.8, 4) is 11.3 Å². The van der Waals surface area contributed by atoms with E-state index >= 15 is 4.39 Å². The maximum Gasteiger partial charge on any atom is 0.433 e. The lowest BCUT2D eigenvalue weighted by molar-refractivity contribution is -0.350. The molecule has 1 amide bonds. The number of benzene rings is 1. The van der Waals surface area contributed by atoms with Gasteiger partial charge in [-0.1, -0.05) is 35.0 Å². The molecule has 4 nitrogen and oxygen atoms in total. The molecule has 0 aliphatic heterocycles. The predicted octanol–water partition coefficient (Wildman–Crippen LogP) is 7.84. The summed E-state index contributed by atoms with van der Waals surface area (Å²) in [5.41, 5.74) is -9.73. The van der Waals surface area contributed by atoms with Crippen molar-refractivity contribution in [1.29, 1.82) is 0 Å². The van der Waals surface area contributed by atoms with Crippen LogP contribution >= 0.6 is 23.2 Å². The van der Waals surface area contributed by atoms with E-state index in [9.17, 15) is 44.3 Å². The number of rotatable bonds is 5. The molecule has 1 N–H and O–H groups in total. The van der Waals surface area contributed by atoms with Gasteiger partial charge in [0.25, 0.3) is 5.91 Å². The number of hydrogen-bond donors (Lipinski definition) is 1. The summed E-state index contributed by atoms with van der Waals surface area (Å²) in [7, 11) is 0. The molecule has 1 saturated carbocycles. The molecule has 39 heavy (non-hydrogen) atoms. The number of nitrogens with one attached hydrogen (secondary N) is 1. The standard InChI is InChI=1S/C23H14Cl2F10N2O2/c24-14-6-3-10(8-12(14)18(38)36-11-4-5-11)16-9-15(37-39-16)17-13(20(26,27)28)2-1-7-19(17,25)21(29,22(30,31)32)23(33,34)35/h1-3,6-9,11,17H,4-5H2,(H,36,38). The molecule has 212 valence electrons. The van der Waals surface area contributed by atoms with Crippen molar-refractivity contribution in [3.63, 3.8) is 0 Å². The largest absolute Gasteiger partial charge is 0.433 e. The van der Waals surface area contributed by atoms with Gasteiger partial charge in [-0.3, -0.25) is 4.79 Å². The number of carbonyl (C=O) groups is 1. The van der Waals surface area contributed by atoms with Crippen LogP contribution < -0.4 is 5.32 Å². The minimum absolute atomic E-state index is 0.0336. The van der Waals surface area contributed by atoms with Gasteiger partial charge in [0.1, 0.15) is 4.87 Å². The van der Waals surface area contributed by atoms with Crippen molar-refractivity contribution < 1.29 is 53.2 Å². The molecule has 0 radical (unpaired) electrons. The molecule has 16 heteroatoms. The first-order valence-corrected chi connectivity index (χ1v) is 11.6. The Morgan fingerprint density at radius 2 is 1.62 bits per heavy atom. The van der Waals surface area contributed by atoms with E-state index in [0.717, 1.165) is 18.9 Å². The minimum Gasteiger partial charge on any atom is -0.356 e. The molecule has 0 bridgehead atoms. The third kappa shape index (κ3) is 5.01. The highest BCUT2D eigenvalue weighted by atomic mass is 35.5. The van der Waals surface area contributed by atoms with Crippen molar-refractivity contribution in [1.82, 2.24) is 10.5 Å². The SMILES string of the molecule is O=C(NC1CC1)c1cc(-c2cc(C3C(C(F)(F)F)=CC=CC3(Cl)C(F)(C(F)(F)F)C(F)(F)F)no2)ccc1Cl. The van der Waals surface area contributed by atoms with Gasteiger partial charge in [0, 0.05) is 23.2 Å². The average Bonchev–Trinajstić information content (AvgIpc) is 3.48.